The molecule has 6 nitrogen and oxygen atoms in total. The zero-order valence-corrected chi connectivity index (χ0v) is 13.3. The van der Waals surface area contributed by atoms with Gasteiger partial charge in [0.2, 0.25) is 0 Å². The lowest BCUT2D eigenvalue weighted by Gasteiger charge is -2.39. The third-order valence-electron chi connectivity index (χ3n) is 4.33. The van der Waals surface area contributed by atoms with E-state index in [-0.39, 0.29) is 0 Å². The molecule has 1 saturated carbocycles. The summed E-state index contributed by atoms with van der Waals surface area (Å²) < 4.78 is 1.80. The van der Waals surface area contributed by atoms with Crippen molar-refractivity contribution in [3.05, 3.63) is 6.33 Å². The molecule has 1 fully saturated rings. The molecular weight excluding hydrogens is 264 g/mol. The summed E-state index contributed by atoms with van der Waals surface area (Å²) in [6, 6.07) is 0.439. The number of nitrogens with one attached hydrogen (secondary N) is 1. The molecule has 0 aromatic carbocycles. The number of anilines is 1. The van der Waals surface area contributed by atoms with Gasteiger partial charge >= 0.3 is 0 Å². The first-order valence-corrected chi connectivity index (χ1v) is 7.79. The van der Waals surface area contributed by atoms with Crippen molar-refractivity contribution in [2.75, 3.05) is 5.32 Å². The van der Waals surface area contributed by atoms with Gasteiger partial charge in [0.1, 0.15) is 6.33 Å². The van der Waals surface area contributed by atoms with Crippen LogP contribution in [0.25, 0.3) is 11.2 Å². The highest BCUT2D eigenvalue weighted by Crippen LogP contribution is 2.39. The Labute approximate surface area is 125 Å². The summed E-state index contributed by atoms with van der Waals surface area (Å²) in [5.74, 6) is 1.55. The van der Waals surface area contributed by atoms with Crippen LogP contribution >= 0.6 is 0 Å². The van der Waals surface area contributed by atoms with Crippen LogP contribution in [0, 0.1) is 11.3 Å². The molecule has 1 aliphatic rings. The minimum atomic E-state index is 0.377. The normalized spacial score (nSPS) is 25.1. The monoisotopic (exact) mass is 288 g/mol. The molecule has 0 aliphatic heterocycles. The molecule has 0 amide bonds. The molecule has 0 spiro atoms. The van der Waals surface area contributed by atoms with Gasteiger partial charge in [-0.05, 0) is 37.5 Å². The quantitative estimate of drug-likeness (QED) is 0.940. The van der Waals surface area contributed by atoms with Crippen molar-refractivity contribution in [1.82, 2.24) is 25.0 Å². The van der Waals surface area contributed by atoms with E-state index < -0.39 is 0 Å². The van der Waals surface area contributed by atoms with Crippen molar-refractivity contribution < 1.29 is 0 Å². The van der Waals surface area contributed by atoms with Crippen LogP contribution < -0.4 is 5.32 Å². The Balaban J connectivity index is 1.86. The molecule has 1 N–H and O–H groups in total. The number of nitrogens with zero attached hydrogens (tertiary/aromatic N) is 5. The van der Waals surface area contributed by atoms with Gasteiger partial charge in [0.25, 0.3) is 0 Å². The van der Waals surface area contributed by atoms with E-state index >= 15 is 0 Å². The summed E-state index contributed by atoms with van der Waals surface area (Å²) in [5.41, 5.74) is 1.95. The maximum atomic E-state index is 4.38. The average molecular weight is 288 g/mol. The molecule has 3 rings (SSSR count). The Morgan fingerprint density at radius 2 is 2.14 bits per heavy atom. The third kappa shape index (κ3) is 2.84. The Morgan fingerprint density at radius 3 is 2.86 bits per heavy atom. The number of hydrogen-bond donors (Lipinski definition) is 1. The standard InChI is InChI=1S/C15H24N6/c1-5-21-14-12(19-20-21)13(16-9-17-14)18-11-6-10(2)7-15(3,4)8-11/h9-11H,5-8H2,1-4H3,(H,16,17,18). The van der Waals surface area contributed by atoms with Crippen LogP contribution in [0.4, 0.5) is 5.82 Å². The molecule has 0 saturated heterocycles. The van der Waals surface area contributed by atoms with Crippen LogP contribution in [-0.2, 0) is 6.54 Å². The smallest absolute Gasteiger partial charge is 0.183 e. The molecule has 2 aromatic rings. The second-order valence-corrected chi connectivity index (χ2v) is 7.05. The molecule has 2 atom stereocenters. The van der Waals surface area contributed by atoms with Crippen molar-refractivity contribution in [2.24, 2.45) is 11.3 Å². The minimum Gasteiger partial charge on any atom is -0.365 e. The fourth-order valence-corrected chi connectivity index (χ4v) is 3.76. The molecule has 0 bridgehead atoms. The van der Waals surface area contributed by atoms with Crippen LogP contribution in [0.1, 0.15) is 47.0 Å². The maximum absolute atomic E-state index is 4.38. The van der Waals surface area contributed by atoms with E-state index in [1.165, 1.54) is 12.8 Å². The van der Waals surface area contributed by atoms with Crippen molar-refractivity contribution in [1.29, 1.82) is 0 Å². The average Bonchev–Trinajstić information content (AvgIpc) is 2.80. The Hall–Kier alpha value is -1.72. The maximum Gasteiger partial charge on any atom is 0.183 e. The van der Waals surface area contributed by atoms with E-state index in [0.717, 1.165) is 35.9 Å². The van der Waals surface area contributed by atoms with E-state index in [9.17, 15) is 0 Å². The van der Waals surface area contributed by atoms with Crippen LogP contribution in [0.2, 0.25) is 0 Å². The second kappa shape index (κ2) is 5.24. The number of aromatic nitrogens is 5. The highest BCUT2D eigenvalue weighted by atomic mass is 15.4. The Kier molecular flexibility index (Phi) is 3.55. The summed E-state index contributed by atoms with van der Waals surface area (Å²) in [4.78, 5) is 8.68. The van der Waals surface area contributed by atoms with Gasteiger partial charge in [-0.1, -0.05) is 26.0 Å². The summed E-state index contributed by atoms with van der Waals surface area (Å²) in [7, 11) is 0. The van der Waals surface area contributed by atoms with Crippen molar-refractivity contribution in [3.63, 3.8) is 0 Å². The molecule has 1 aliphatic carbocycles. The van der Waals surface area contributed by atoms with E-state index in [4.69, 9.17) is 0 Å². The molecule has 6 heteroatoms. The number of fused-ring (bicyclic) bond motifs is 1. The van der Waals surface area contributed by atoms with Gasteiger partial charge < -0.3 is 5.32 Å². The fraction of sp³-hybridized carbons (Fsp3) is 0.733. The van der Waals surface area contributed by atoms with E-state index in [1.54, 1.807) is 11.0 Å². The first kappa shape index (κ1) is 14.2. The van der Waals surface area contributed by atoms with Gasteiger partial charge in [-0.3, -0.25) is 0 Å². The highest BCUT2D eigenvalue weighted by molar-refractivity contribution is 5.81. The van der Waals surface area contributed by atoms with Crippen molar-refractivity contribution >= 4 is 17.0 Å². The van der Waals surface area contributed by atoms with Crippen molar-refractivity contribution in [2.45, 2.75) is 59.5 Å². The van der Waals surface area contributed by atoms with Gasteiger partial charge in [0.05, 0.1) is 0 Å². The van der Waals surface area contributed by atoms with Gasteiger partial charge in [-0.25, -0.2) is 14.6 Å². The van der Waals surface area contributed by atoms with Crippen molar-refractivity contribution in [3.8, 4) is 0 Å². The predicted molar refractivity (Wildman–Crippen MR) is 83.0 cm³/mol. The lowest BCUT2D eigenvalue weighted by atomic mass is 9.70. The largest absolute Gasteiger partial charge is 0.365 e. The molecule has 2 unspecified atom stereocenters. The number of aryl methyl sites for hydroxylation is 1. The van der Waals surface area contributed by atoms with Crippen LogP contribution in [0.15, 0.2) is 6.33 Å². The molecule has 21 heavy (non-hydrogen) atoms. The van der Waals surface area contributed by atoms with Crippen LogP contribution in [0.5, 0.6) is 0 Å². The molecule has 0 radical (unpaired) electrons. The molecule has 2 heterocycles. The predicted octanol–water partition coefficient (Wildman–Crippen LogP) is 2.87. The minimum absolute atomic E-state index is 0.377. The highest BCUT2D eigenvalue weighted by Gasteiger charge is 2.32. The molecule has 2 aromatic heterocycles. The Morgan fingerprint density at radius 1 is 1.33 bits per heavy atom. The first-order chi connectivity index (χ1) is 9.98. The van der Waals surface area contributed by atoms with E-state index in [2.05, 4.69) is 46.4 Å². The first-order valence-electron chi connectivity index (χ1n) is 7.79. The fourth-order valence-electron chi connectivity index (χ4n) is 3.76. The number of rotatable bonds is 3. The van der Waals surface area contributed by atoms with Gasteiger partial charge in [-0.15, -0.1) is 5.10 Å². The van der Waals surface area contributed by atoms with Gasteiger partial charge in [-0.2, -0.15) is 0 Å². The summed E-state index contributed by atoms with van der Waals surface area (Å²) in [6.45, 7) is 9.83. The van der Waals surface area contributed by atoms with E-state index in [0.29, 0.717) is 11.5 Å². The number of hydrogen-bond acceptors (Lipinski definition) is 5. The summed E-state index contributed by atoms with van der Waals surface area (Å²) in [5, 5.41) is 12.0. The Bertz CT molecular complexity index is 632. The third-order valence-corrected chi connectivity index (χ3v) is 4.33. The SMILES string of the molecule is CCn1nnc2c(NC3CC(C)CC(C)(C)C3)ncnc21. The molecular formula is C15H24N6. The summed E-state index contributed by atoms with van der Waals surface area (Å²) >= 11 is 0. The van der Waals surface area contributed by atoms with Crippen LogP contribution in [-0.4, -0.2) is 31.0 Å². The zero-order valence-electron chi connectivity index (χ0n) is 13.3. The molecule has 114 valence electrons. The summed E-state index contributed by atoms with van der Waals surface area (Å²) in [6.07, 6.45) is 5.22. The van der Waals surface area contributed by atoms with Gasteiger partial charge in [0, 0.05) is 12.6 Å². The van der Waals surface area contributed by atoms with Crippen LogP contribution in [0.3, 0.4) is 0 Å². The van der Waals surface area contributed by atoms with Gasteiger partial charge in [0.15, 0.2) is 17.0 Å². The lowest BCUT2D eigenvalue weighted by Crippen LogP contribution is -2.35. The lowest BCUT2D eigenvalue weighted by molar-refractivity contribution is 0.178. The van der Waals surface area contributed by atoms with E-state index in [1.807, 2.05) is 6.92 Å². The zero-order chi connectivity index (χ0) is 15.0. The second-order valence-electron chi connectivity index (χ2n) is 7.05. The topological polar surface area (TPSA) is 68.5 Å².